The van der Waals surface area contributed by atoms with E-state index in [0.29, 0.717) is 60.6 Å². The van der Waals surface area contributed by atoms with Crippen LogP contribution in [0.4, 0.5) is 0 Å². The van der Waals surface area contributed by atoms with Gasteiger partial charge in [-0.25, -0.2) is 0 Å². The van der Waals surface area contributed by atoms with Crippen LogP contribution in [-0.4, -0.2) is 61.8 Å². The van der Waals surface area contributed by atoms with E-state index in [-0.39, 0.29) is 24.5 Å². The second-order valence-corrected chi connectivity index (χ2v) is 9.26. The SMILES string of the molecule is CCOc1cc([C@@H]2/C(=C(\O)c3ccc4c(c3)OCCO4)C(=O)C(=O)N2CCOC)ccc1OCc1ccccc1. The fourth-order valence-corrected chi connectivity index (χ4v) is 4.81. The number of likely N-dealkylation sites (tertiary alicyclic amines) is 1. The zero-order valence-corrected chi connectivity index (χ0v) is 22.4. The van der Waals surface area contributed by atoms with Crippen LogP contribution in [0.2, 0.25) is 0 Å². The highest BCUT2D eigenvalue weighted by Gasteiger charge is 2.46. The third kappa shape index (κ3) is 5.46. The predicted molar refractivity (Wildman–Crippen MR) is 147 cm³/mol. The Kier molecular flexibility index (Phi) is 8.21. The molecule has 0 saturated carbocycles. The first-order chi connectivity index (χ1) is 19.5. The molecule has 2 aliphatic rings. The Bertz CT molecular complexity index is 1420. The van der Waals surface area contributed by atoms with Crippen LogP contribution in [0, 0.1) is 0 Å². The first kappa shape index (κ1) is 27.1. The standard InChI is InChI=1S/C31H31NO8/c1-3-37-25-17-21(9-11-24(25)40-19-20-7-5-4-6-8-20)28-27(30(34)31(35)32(28)13-14-36-2)29(33)22-10-12-23-26(18-22)39-16-15-38-23/h4-12,17-18,28,33H,3,13-16,19H2,1-2H3/b29-27+/t28-/m1/s1. The summed E-state index contributed by atoms with van der Waals surface area (Å²) >= 11 is 0. The van der Waals surface area contributed by atoms with Crippen molar-refractivity contribution in [3.63, 3.8) is 0 Å². The van der Waals surface area contributed by atoms with E-state index >= 15 is 0 Å². The molecule has 0 bridgehead atoms. The summed E-state index contributed by atoms with van der Waals surface area (Å²) in [5.74, 6) is 0.191. The van der Waals surface area contributed by atoms with Gasteiger partial charge in [0, 0.05) is 19.2 Å². The summed E-state index contributed by atoms with van der Waals surface area (Å²) in [6, 6.07) is 19.1. The van der Waals surface area contributed by atoms with Crippen molar-refractivity contribution in [2.75, 3.05) is 40.1 Å². The molecule has 3 aromatic rings. The van der Waals surface area contributed by atoms with Gasteiger partial charge in [0.05, 0.1) is 24.8 Å². The van der Waals surface area contributed by atoms with Gasteiger partial charge in [-0.1, -0.05) is 36.4 Å². The van der Waals surface area contributed by atoms with Crippen LogP contribution < -0.4 is 18.9 Å². The highest BCUT2D eigenvalue weighted by Crippen LogP contribution is 2.43. The Morgan fingerprint density at radius 3 is 2.48 bits per heavy atom. The molecular formula is C31H31NO8. The lowest BCUT2D eigenvalue weighted by Crippen LogP contribution is -2.32. The second kappa shape index (κ2) is 12.1. The molecule has 5 rings (SSSR count). The molecule has 40 heavy (non-hydrogen) atoms. The molecule has 9 heteroatoms. The van der Waals surface area contributed by atoms with Crippen LogP contribution in [0.25, 0.3) is 5.76 Å². The Hall–Kier alpha value is -4.50. The molecular weight excluding hydrogens is 514 g/mol. The summed E-state index contributed by atoms with van der Waals surface area (Å²) in [5.41, 5.74) is 1.90. The molecule has 1 saturated heterocycles. The highest BCUT2D eigenvalue weighted by molar-refractivity contribution is 6.46. The van der Waals surface area contributed by atoms with Crippen LogP contribution in [0.5, 0.6) is 23.0 Å². The molecule has 2 aliphatic heterocycles. The number of Topliss-reactive ketones (excluding diaryl/α,β-unsaturated/α-hetero) is 1. The molecule has 3 aromatic carbocycles. The van der Waals surface area contributed by atoms with Crippen molar-refractivity contribution in [3.8, 4) is 23.0 Å². The number of fused-ring (bicyclic) bond motifs is 1. The van der Waals surface area contributed by atoms with Crippen LogP contribution >= 0.6 is 0 Å². The zero-order valence-electron chi connectivity index (χ0n) is 22.4. The number of ketones is 1. The number of methoxy groups -OCH3 is 1. The maximum atomic E-state index is 13.3. The number of aliphatic hydroxyl groups is 1. The summed E-state index contributed by atoms with van der Waals surface area (Å²) in [7, 11) is 1.52. The van der Waals surface area contributed by atoms with E-state index in [1.807, 2.05) is 37.3 Å². The molecule has 0 spiro atoms. The Balaban J connectivity index is 1.55. The average molecular weight is 546 g/mol. The van der Waals surface area contributed by atoms with Crippen molar-refractivity contribution in [2.45, 2.75) is 19.6 Å². The quantitative estimate of drug-likeness (QED) is 0.226. The minimum Gasteiger partial charge on any atom is -0.507 e. The van der Waals surface area contributed by atoms with Gasteiger partial charge in [0.15, 0.2) is 23.0 Å². The fraction of sp³-hybridized carbons (Fsp3) is 0.290. The lowest BCUT2D eigenvalue weighted by Gasteiger charge is -2.26. The van der Waals surface area contributed by atoms with E-state index in [2.05, 4.69) is 0 Å². The van der Waals surface area contributed by atoms with E-state index in [1.165, 1.54) is 12.0 Å². The first-order valence-corrected chi connectivity index (χ1v) is 13.1. The normalized spacial score (nSPS) is 17.6. The van der Waals surface area contributed by atoms with Gasteiger partial charge in [-0.15, -0.1) is 0 Å². The van der Waals surface area contributed by atoms with Gasteiger partial charge in [-0.05, 0) is 48.4 Å². The number of nitrogens with zero attached hydrogens (tertiary/aromatic N) is 1. The smallest absolute Gasteiger partial charge is 0.295 e. The van der Waals surface area contributed by atoms with Gasteiger partial charge in [0.2, 0.25) is 0 Å². The van der Waals surface area contributed by atoms with E-state index in [9.17, 15) is 14.7 Å². The molecule has 0 aliphatic carbocycles. The van der Waals surface area contributed by atoms with Crippen molar-refractivity contribution in [2.24, 2.45) is 0 Å². The zero-order chi connectivity index (χ0) is 28.1. The second-order valence-electron chi connectivity index (χ2n) is 9.26. The number of rotatable bonds is 10. The highest BCUT2D eigenvalue weighted by atomic mass is 16.6. The minimum absolute atomic E-state index is 0.0295. The van der Waals surface area contributed by atoms with Gasteiger partial charge < -0.3 is 33.7 Å². The van der Waals surface area contributed by atoms with Gasteiger partial charge in [-0.3, -0.25) is 9.59 Å². The molecule has 0 unspecified atom stereocenters. The summed E-state index contributed by atoms with van der Waals surface area (Å²) < 4.78 is 28.4. The first-order valence-electron chi connectivity index (χ1n) is 13.1. The van der Waals surface area contributed by atoms with E-state index < -0.39 is 17.7 Å². The third-order valence-electron chi connectivity index (χ3n) is 6.71. The molecule has 1 N–H and O–H groups in total. The summed E-state index contributed by atoms with van der Waals surface area (Å²) in [5, 5.41) is 11.4. The van der Waals surface area contributed by atoms with Gasteiger partial charge in [0.25, 0.3) is 11.7 Å². The van der Waals surface area contributed by atoms with Crippen LogP contribution in [0.15, 0.2) is 72.3 Å². The lowest BCUT2D eigenvalue weighted by molar-refractivity contribution is -0.140. The molecule has 0 radical (unpaired) electrons. The number of hydrogen-bond acceptors (Lipinski definition) is 8. The number of aliphatic hydroxyl groups excluding tert-OH is 1. The number of carbonyl (C=O) groups excluding carboxylic acids is 2. The minimum atomic E-state index is -0.870. The molecule has 1 fully saturated rings. The van der Waals surface area contributed by atoms with Crippen molar-refractivity contribution < 1.29 is 38.4 Å². The number of hydrogen-bond donors (Lipinski definition) is 1. The summed E-state index contributed by atoms with van der Waals surface area (Å²) in [6.07, 6.45) is 0. The third-order valence-corrected chi connectivity index (χ3v) is 6.71. The number of amides is 1. The van der Waals surface area contributed by atoms with Crippen molar-refractivity contribution in [1.82, 2.24) is 4.90 Å². The van der Waals surface area contributed by atoms with Crippen LogP contribution in [0.1, 0.15) is 29.7 Å². The maximum absolute atomic E-state index is 13.3. The van der Waals surface area contributed by atoms with Gasteiger partial charge in [0.1, 0.15) is 25.6 Å². The largest absolute Gasteiger partial charge is 0.507 e. The van der Waals surface area contributed by atoms with E-state index in [1.54, 1.807) is 36.4 Å². The van der Waals surface area contributed by atoms with E-state index in [0.717, 1.165) is 5.56 Å². The molecule has 2 heterocycles. The maximum Gasteiger partial charge on any atom is 0.295 e. The van der Waals surface area contributed by atoms with Crippen LogP contribution in [0.3, 0.4) is 0 Å². The average Bonchev–Trinajstić information content (AvgIpc) is 3.24. The van der Waals surface area contributed by atoms with Crippen LogP contribution in [-0.2, 0) is 20.9 Å². The van der Waals surface area contributed by atoms with Gasteiger partial charge in [-0.2, -0.15) is 0 Å². The molecule has 208 valence electrons. The monoisotopic (exact) mass is 545 g/mol. The topological polar surface area (TPSA) is 104 Å². The lowest BCUT2D eigenvalue weighted by atomic mass is 9.94. The van der Waals surface area contributed by atoms with E-state index in [4.69, 9.17) is 23.7 Å². The summed E-state index contributed by atoms with van der Waals surface area (Å²) in [4.78, 5) is 27.9. The predicted octanol–water partition coefficient (Wildman–Crippen LogP) is 4.50. The Labute approximate surface area is 232 Å². The van der Waals surface area contributed by atoms with Crippen molar-refractivity contribution >= 4 is 17.4 Å². The molecule has 1 atom stereocenters. The Morgan fingerprint density at radius 1 is 0.950 bits per heavy atom. The van der Waals surface area contributed by atoms with Gasteiger partial charge >= 0.3 is 0 Å². The molecule has 9 nitrogen and oxygen atoms in total. The molecule has 0 aromatic heterocycles. The number of ether oxygens (including phenoxy) is 5. The number of carbonyl (C=O) groups is 2. The molecule has 1 amide bonds. The van der Waals surface area contributed by atoms with Crippen molar-refractivity contribution in [3.05, 3.63) is 89.0 Å². The number of benzene rings is 3. The Morgan fingerprint density at radius 2 is 1.73 bits per heavy atom. The van der Waals surface area contributed by atoms with Crippen molar-refractivity contribution in [1.29, 1.82) is 0 Å². The fourth-order valence-electron chi connectivity index (χ4n) is 4.81. The summed E-state index contributed by atoms with van der Waals surface area (Å²) in [6.45, 7) is 3.75.